The van der Waals surface area contributed by atoms with Crippen molar-refractivity contribution >= 4 is 27.1 Å². The van der Waals surface area contributed by atoms with Crippen molar-refractivity contribution in [2.24, 2.45) is 5.92 Å². The maximum Gasteiger partial charge on any atom is 0.323 e. The summed E-state index contributed by atoms with van der Waals surface area (Å²) in [5.41, 5.74) is 0. The van der Waals surface area contributed by atoms with Crippen molar-refractivity contribution in [3.05, 3.63) is 30.5 Å². The fraction of sp³-hybridized carbons (Fsp3) is 0.450. The number of hydrogen-bond donors (Lipinski definition) is 2. The Hall–Kier alpha value is -2.72. The number of fused-ring (bicyclic) bond motifs is 1. The lowest BCUT2D eigenvalue weighted by molar-refractivity contribution is -0.107. The fourth-order valence-electron chi connectivity index (χ4n) is 3.29. The molecule has 11 nitrogen and oxygen atoms in total. The Morgan fingerprint density at radius 1 is 1.31 bits per heavy atom. The molecule has 0 aliphatic carbocycles. The summed E-state index contributed by atoms with van der Waals surface area (Å²) in [6.45, 7) is 2.34. The summed E-state index contributed by atoms with van der Waals surface area (Å²) in [7, 11) is -0.142. The second-order valence-corrected chi connectivity index (χ2v) is 8.26. The largest absolute Gasteiger partial charge is 0.454 e. The standard InChI is InChI=1S/C20H26N3O8P/c1-14-10-16(30-19(14)23(7-3-8-24)20(26)21-2)12-29-32(22-6-9-25)31-15-4-5-17-18(11-15)28-13-27-17/h3-5,7-9,11,14,16,19,22H,6,10,12-13H2,1-2H3,(H,21,26)/b7-3-. The normalized spacial score (nSPS) is 22.5. The molecule has 0 bridgehead atoms. The van der Waals surface area contributed by atoms with Crippen LogP contribution in [0.3, 0.4) is 0 Å². The SMILES string of the molecule is CNC(=O)N(/C=C\C=O)C1OC(COP(NCC=O)Oc2ccc3c(c2)OCO3)CC1C. The highest BCUT2D eigenvalue weighted by Gasteiger charge is 2.38. The molecule has 2 heterocycles. The highest BCUT2D eigenvalue weighted by molar-refractivity contribution is 7.45. The average Bonchev–Trinajstić information content (AvgIpc) is 3.41. The monoisotopic (exact) mass is 467 g/mol. The summed E-state index contributed by atoms with van der Waals surface area (Å²) >= 11 is 0. The predicted molar refractivity (Wildman–Crippen MR) is 114 cm³/mol. The van der Waals surface area contributed by atoms with Crippen molar-refractivity contribution < 1.29 is 37.6 Å². The lowest BCUT2D eigenvalue weighted by atomic mass is 10.1. The number of aldehydes is 2. The molecule has 174 valence electrons. The van der Waals surface area contributed by atoms with Gasteiger partial charge in [-0.05, 0) is 24.6 Å². The molecule has 1 saturated heterocycles. The fourth-order valence-corrected chi connectivity index (χ4v) is 4.33. The molecule has 12 heteroatoms. The summed E-state index contributed by atoms with van der Waals surface area (Å²) in [5.74, 6) is 1.71. The van der Waals surface area contributed by atoms with Crippen LogP contribution in [0.25, 0.3) is 0 Å². The lowest BCUT2D eigenvalue weighted by Crippen LogP contribution is -2.44. The number of urea groups is 1. The van der Waals surface area contributed by atoms with Crippen LogP contribution in [0.5, 0.6) is 17.2 Å². The van der Waals surface area contributed by atoms with Gasteiger partial charge in [0.2, 0.25) is 6.79 Å². The minimum absolute atomic E-state index is 0.00106. The zero-order valence-electron chi connectivity index (χ0n) is 17.8. The van der Waals surface area contributed by atoms with Gasteiger partial charge < -0.3 is 33.4 Å². The van der Waals surface area contributed by atoms with Gasteiger partial charge in [0.15, 0.2) is 11.5 Å². The highest BCUT2D eigenvalue weighted by atomic mass is 31.2. The quantitative estimate of drug-likeness (QED) is 0.285. The molecule has 0 spiro atoms. The zero-order chi connectivity index (χ0) is 22.9. The summed E-state index contributed by atoms with van der Waals surface area (Å²) in [6, 6.07) is 4.76. The molecule has 0 saturated carbocycles. The minimum Gasteiger partial charge on any atom is -0.454 e. The highest BCUT2D eigenvalue weighted by Crippen LogP contribution is 2.41. The third-order valence-electron chi connectivity index (χ3n) is 4.71. The molecule has 4 atom stereocenters. The van der Waals surface area contributed by atoms with Crippen LogP contribution in [-0.2, 0) is 18.8 Å². The van der Waals surface area contributed by atoms with E-state index in [0.717, 1.165) is 0 Å². The number of carbonyl (C=O) groups excluding carboxylic acids is 3. The number of carbonyl (C=O) groups is 3. The molecule has 4 unspecified atom stereocenters. The number of hydrogen-bond acceptors (Lipinski definition) is 9. The van der Waals surface area contributed by atoms with Crippen LogP contribution in [-0.4, -0.2) is 62.8 Å². The smallest absolute Gasteiger partial charge is 0.323 e. The van der Waals surface area contributed by atoms with E-state index in [-0.39, 0.29) is 38.0 Å². The van der Waals surface area contributed by atoms with E-state index in [0.29, 0.717) is 36.2 Å². The first-order valence-electron chi connectivity index (χ1n) is 10.0. The molecule has 1 aromatic rings. The lowest BCUT2D eigenvalue weighted by Gasteiger charge is -2.27. The predicted octanol–water partition coefficient (Wildman–Crippen LogP) is 1.93. The number of nitrogens with zero attached hydrogens (tertiary/aromatic N) is 1. The van der Waals surface area contributed by atoms with Crippen molar-refractivity contribution in [3.63, 3.8) is 0 Å². The maximum atomic E-state index is 12.2. The van der Waals surface area contributed by atoms with Gasteiger partial charge in [-0.25, -0.2) is 9.88 Å². The van der Waals surface area contributed by atoms with Gasteiger partial charge in [-0.3, -0.25) is 9.69 Å². The van der Waals surface area contributed by atoms with Gasteiger partial charge >= 0.3 is 14.6 Å². The number of allylic oxidation sites excluding steroid dienone is 1. The molecular formula is C20H26N3O8P. The molecule has 0 aromatic heterocycles. The Bertz CT molecular complexity index is 839. The van der Waals surface area contributed by atoms with Gasteiger partial charge in [-0.1, -0.05) is 6.92 Å². The van der Waals surface area contributed by atoms with Crippen LogP contribution < -0.4 is 24.4 Å². The first-order chi connectivity index (χ1) is 15.5. The van der Waals surface area contributed by atoms with E-state index in [1.807, 2.05) is 6.92 Å². The van der Waals surface area contributed by atoms with Gasteiger partial charge in [-0.15, -0.1) is 0 Å². The van der Waals surface area contributed by atoms with Crippen LogP contribution in [0.2, 0.25) is 0 Å². The Kier molecular flexibility index (Phi) is 8.81. The molecule has 2 aliphatic rings. The molecule has 2 amide bonds. The van der Waals surface area contributed by atoms with Crippen LogP contribution in [0, 0.1) is 5.92 Å². The summed E-state index contributed by atoms with van der Waals surface area (Å²) < 4.78 is 28.4. The molecule has 0 radical (unpaired) electrons. The Morgan fingerprint density at radius 3 is 2.88 bits per heavy atom. The van der Waals surface area contributed by atoms with E-state index >= 15 is 0 Å². The van der Waals surface area contributed by atoms with Gasteiger partial charge in [-0.2, -0.15) is 0 Å². The van der Waals surface area contributed by atoms with Crippen molar-refractivity contribution in [1.29, 1.82) is 0 Å². The van der Waals surface area contributed by atoms with E-state index < -0.39 is 14.8 Å². The number of rotatable bonds is 11. The van der Waals surface area contributed by atoms with Crippen molar-refractivity contribution in [2.45, 2.75) is 25.7 Å². The molecule has 3 rings (SSSR count). The van der Waals surface area contributed by atoms with Crippen LogP contribution in [0.15, 0.2) is 30.5 Å². The van der Waals surface area contributed by atoms with Gasteiger partial charge in [0, 0.05) is 25.2 Å². The molecule has 1 fully saturated rings. The number of amides is 2. The van der Waals surface area contributed by atoms with Crippen LogP contribution >= 0.6 is 8.53 Å². The third kappa shape index (κ3) is 6.17. The molecule has 32 heavy (non-hydrogen) atoms. The number of ether oxygens (including phenoxy) is 3. The topological polar surface area (TPSA) is 125 Å². The van der Waals surface area contributed by atoms with Crippen molar-refractivity contribution in [1.82, 2.24) is 15.3 Å². The summed E-state index contributed by atoms with van der Waals surface area (Å²) in [5, 5.41) is 5.44. The van der Waals surface area contributed by atoms with E-state index in [4.69, 9.17) is 23.3 Å². The first-order valence-corrected chi connectivity index (χ1v) is 11.2. The summed E-state index contributed by atoms with van der Waals surface area (Å²) in [4.78, 5) is 35.0. The van der Waals surface area contributed by atoms with Gasteiger partial charge in [0.25, 0.3) is 0 Å². The second-order valence-electron chi connectivity index (χ2n) is 6.99. The molecule has 2 N–H and O–H groups in total. The Morgan fingerprint density at radius 2 is 2.12 bits per heavy atom. The Labute approximate surface area is 186 Å². The first kappa shape index (κ1) is 23.9. The molecule has 1 aromatic carbocycles. The maximum absolute atomic E-state index is 12.2. The van der Waals surface area contributed by atoms with Crippen molar-refractivity contribution in [3.8, 4) is 17.2 Å². The van der Waals surface area contributed by atoms with Crippen molar-refractivity contribution in [2.75, 3.05) is 27.0 Å². The summed E-state index contributed by atoms with van der Waals surface area (Å²) in [6.07, 6.45) is 3.70. The second kappa shape index (κ2) is 11.8. The van der Waals surface area contributed by atoms with Gasteiger partial charge in [0.1, 0.15) is 24.5 Å². The minimum atomic E-state index is -1.65. The third-order valence-corrected chi connectivity index (χ3v) is 5.92. The van der Waals surface area contributed by atoms with Crippen LogP contribution in [0.1, 0.15) is 13.3 Å². The van der Waals surface area contributed by atoms with E-state index in [1.165, 1.54) is 24.2 Å². The van der Waals surface area contributed by atoms with E-state index in [2.05, 4.69) is 10.4 Å². The molecular weight excluding hydrogens is 441 g/mol. The van der Waals surface area contributed by atoms with E-state index in [9.17, 15) is 14.4 Å². The number of nitrogens with one attached hydrogen (secondary N) is 2. The Balaban J connectivity index is 1.59. The van der Waals surface area contributed by atoms with Gasteiger partial charge in [0.05, 0.1) is 19.3 Å². The number of benzene rings is 1. The molecule has 2 aliphatic heterocycles. The van der Waals surface area contributed by atoms with E-state index in [1.54, 1.807) is 18.2 Å². The zero-order valence-corrected chi connectivity index (χ0v) is 18.7. The van der Waals surface area contributed by atoms with Crippen LogP contribution in [0.4, 0.5) is 4.79 Å². The average molecular weight is 467 g/mol.